The molecule has 0 fully saturated rings. The van der Waals surface area contributed by atoms with Crippen LogP contribution in [0.3, 0.4) is 0 Å². The Morgan fingerprint density at radius 3 is 2.07 bits per heavy atom. The van der Waals surface area contributed by atoms with Crippen LogP contribution < -0.4 is 0 Å². The van der Waals surface area contributed by atoms with Crippen LogP contribution in [0.1, 0.15) is 41.0 Å². The lowest BCUT2D eigenvalue weighted by Crippen LogP contribution is -2.35. The molecule has 0 rings (SSSR count). The Hall–Kier alpha value is 0.310. The molecule has 0 amide bonds. The quantitative estimate of drug-likeness (QED) is 0.684. The van der Waals surface area contributed by atoms with Crippen LogP contribution in [0.25, 0.3) is 0 Å². The maximum Gasteiger partial charge on any atom is 0.00194 e. The zero-order valence-corrected chi connectivity index (χ0v) is 12.3. The average molecular weight is 231 g/mol. The number of hydrogen-bond acceptors (Lipinski definition) is 2. The van der Waals surface area contributed by atoms with Crippen molar-refractivity contribution in [1.29, 1.82) is 0 Å². The fraction of sp³-hybridized carbons (Fsp3) is 1.00. The van der Waals surface area contributed by atoms with E-state index in [1.165, 1.54) is 19.5 Å². The minimum atomic E-state index is 0.369. The molecule has 0 saturated heterocycles. The van der Waals surface area contributed by atoms with E-state index in [0.717, 1.165) is 11.7 Å². The zero-order chi connectivity index (χ0) is 12.1. The van der Waals surface area contributed by atoms with Crippen LogP contribution in [0.4, 0.5) is 0 Å². The molecule has 0 aliphatic carbocycles. The van der Waals surface area contributed by atoms with Crippen LogP contribution in [0.15, 0.2) is 0 Å². The van der Waals surface area contributed by atoms with Crippen molar-refractivity contribution in [2.45, 2.75) is 41.0 Å². The zero-order valence-electron chi connectivity index (χ0n) is 11.4. The molecule has 0 radical (unpaired) electrons. The molecule has 0 saturated carbocycles. The highest BCUT2D eigenvalue weighted by molar-refractivity contribution is 7.80. The summed E-state index contributed by atoms with van der Waals surface area (Å²) in [5, 5.41) is 0. The van der Waals surface area contributed by atoms with Gasteiger partial charge in [0.25, 0.3) is 0 Å². The van der Waals surface area contributed by atoms with Crippen molar-refractivity contribution in [2.24, 2.45) is 17.3 Å². The molecule has 92 valence electrons. The van der Waals surface area contributed by atoms with E-state index in [2.05, 4.69) is 59.2 Å². The Morgan fingerprint density at radius 1 is 1.20 bits per heavy atom. The average Bonchev–Trinajstić information content (AvgIpc) is 2.08. The third kappa shape index (κ3) is 7.24. The van der Waals surface area contributed by atoms with Gasteiger partial charge in [0.1, 0.15) is 0 Å². The Kier molecular flexibility index (Phi) is 6.94. The fourth-order valence-electron chi connectivity index (χ4n) is 1.55. The Balaban J connectivity index is 3.97. The number of nitrogens with zero attached hydrogens (tertiary/aromatic N) is 1. The van der Waals surface area contributed by atoms with E-state index in [1.54, 1.807) is 0 Å². The maximum atomic E-state index is 4.47. The highest BCUT2D eigenvalue weighted by Gasteiger charge is 2.24. The molecule has 2 heteroatoms. The van der Waals surface area contributed by atoms with Crippen LogP contribution in [-0.4, -0.2) is 30.8 Å². The van der Waals surface area contributed by atoms with Crippen molar-refractivity contribution in [3.8, 4) is 0 Å². The molecule has 0 spiro atoms. The molecule has 1 nitrogen and oxygen atoms in total. The first-order valence-electron chi connectivity index (χ1n) is 6.06. The van der Waals surface area contributed by atoms with Crippen molar-refractivity contribution < 1.29 is 0 Å². The summed E-state index contributed by atoms with van der Waals surface area (Å²) in [7, 11) is 2.23. The maximum absolute atomic E-state index is 4.47. The smallest absolute Gasteiger partial charge is 0.00194 e. The molecule has 0 aliphatic rings. The summed E-state index contributed by atoms with van der Waals surface area (Å²) in [6.45, 7) is 13.9. The minimum Gasteiger partial charge on any atom is -0.306 e. The van der Waals surface area contributed by atoms with Crippen LogP contribution >= 0.6 is 12.6 Å². The number of thiol groups is 1. The van der Waals surface area contributed by atoms with E-state index in [9.17, 15) is 0 Å². The molecule has 0 aliphatic heterocycles. The molecular weight excluding hydrogens is 202 g/mol. The van der Waals surface area contributed by atoms with Crippen molar-refractivity contribution in [1.82, 2.24) is 4.90 Å². The summed E-state index contributed by atoms with van der Waals surface area (Å²) in [6, 6.07) is 0. The molecule has 0 aromatic rings. The van der Waals surface area contributed by atoms with Gasteiger partial charge in [-0.25, -0.2) is 0 Å². The molecule has 0 N–H and O–H groups in total. The largest absolute Gasteiger partial charge is 0.306 e. The molecule has 1 unspecified atom stereocenters. The molecular formula is C13H29NS. The third-order valence-corrected chi connectivity index (χ3v) is 3.51. The Morgan fingerprint density at radius 2 is 1.73 bits per heavy atom. The van der Waals surface area contributed by atoms with Gasteiger partial charge in [0.15, 0.2) is 0 Å². The topological polar surface area (TPSA) is 3.24 Å². The van der Waals surface area contributed by atoms with Crippen molar-refractivity contribution in [2.75, 3.05) is 25.9 Å². The normalized spacial score (nSPS) is 15.0. The highest BCUT2D eigenvalue weighted by Crippen LogP contribution is 2.27. The third-order valence-electron chi connectivity index (χ3n) is 3.07. The number of rotatable bonds is 6. The van der Waals surface area contributed by atoms with E-state index in [0.29, 0.717) is 11.3 Å². The molecule has 0 heterocycles. The summed E-state index contributed by atoms with van der Waals surface area (Å²) in [5.74, 6) is 2.46. The van der Waals surface area contributed by atoms with Gasteiger partial charge in [-0.3, -0.25) is 0 Å². The van der Waals surface area contributed by atoms with E-state index in [1.807, 2.05) is 0 Å². The second-order valence-electron chi connectivity index (χ2n) is 6.19. The summed E-state index contributed by atoms with van der Waals surface area (Å²) >= 11 is 4.47. The molecule has 0 bridgehead atoms. The summed E-state index contributed by atoms with van der Waals surface area (Å²) in [5.41, 5.74) is 0.369. The summed E-state index contributed by atoms with van der Waals surface area (Å²) < 4.78 is 0. The van der Waals surface area contributed by atoms with Gasteiger partial charge in [-0.15, -0.1) is 0 Å². The van der Waals surface area contributed by atoms with Crippen molar-refractivity contribution in [3.05, 3.63) is 0 Å². The van der Waals surface area contributed by atoms with Gasteiger partial charge in [-0.1, -0.05) is 34.6 Å². The van der Waals surface area contributed by atoms with Gasteiger partial charge < -0.3 is 4.90 Å². The lowest BCUT2D eigenvalue weighted by Gasteiger charge is -2.33. The standard InChI is InChI=1S/C13H29NS/c1-11(2)7-8-14(6)9-12(10-15)13(3,4)5/h11-12,15H,7-10H2,1-6H3. The van der Waals surface area contributed by atoms with Crippen molar-refractivity contribution in [3.63, 3.8) is 0 Å². The Labute approximate surface area is 102 Å². The summed E-state index contributed by atoms with van der Waals surface area (Å²) in [6.07, 6.45) is 1.29. The van der Waals surface area contributed by atoms with Gasteiger partial charge in [0.2, 0.25) is 0 Å². The van der Waals surface area contributed by atoms with Crippen LogP contribution in [0.2, 0.25) is 0 Å². The molecule has 1 atom stereocenters. The molecule has 0 aromatic carbocycles. The van der Waals surface area contributed by atoms with Gasteiger partial charge in [0.05, 0.1) is 0 Å². The number of hydrogen-bond donors (Lipinski definition) is 1. The van der Waals surface area contributed by atoms with Gasteiger partial charge >= 0.3 is 0 Å². The van der Waals surface area contributed by atoms with E-state index in [4.69, 9.17) is 0 Å². The van der Waals surface area contributed by atoms with E-state index in [-0.39, 0.29) is 0 Å². The first-order valence-corrected chi connectivity index (χ1v) is 6.70. The van der Waals surface area contributed by atoms with E-state index >= 15 is 0 Å². The fourth-order valence-corrected chi connectivity index (χ4v) is 2.21. The SMILES string of the molecule is CC(C)CCN(C)CC(CS)C(C)(C)C. The first kappa shape index (κ1) is 15.3. The minimum absolute atomic E-state index is 0.369. The predicted octanol–water partition coefficient (Wildman–Crippen LogP) is 3.56. The van der Waals surface area contributed by atoms with Crippen LogP contribution in [0.5, 0.6) is 0 Å². The molecule has 0 aromatic heterocycles. The van der Waals surface area contributed by atoms with Gasteiger partial charge in [0, 0.05) is 6.54 Å². The summed E-state index contributed by atoms with van der Waals surface area (Å²) in [4.78, 5) is 2.45. The van der Waals surface area contributed by atoms with E-state index < -0.39 is 0 Å². The monoisotopic (exact) mass is 231 g/mol. The van der Waals surface area contributed by atoms with Gasteiger partial charge in [-0.2, -0.15) is 12.6 Å². The first-order chi connectivity index (χ1) is 6.77. The highest BCUT2D eigenvalue weighted by atomic mass is 32.1. The Bertz CT molecular complexity index is 160. The second kappa shape index (κ2) is 6.80. The van der Waals surface area contributed by atoms with Crippen molar-refractivity contribution >= 4 is 12.6 Å². The lowest BCUT2D eigenvalue weighted by atomic mass is 9.81. The second-order valence-corrected chi connectivity index (χ2v) is 6.56. The lowest BCUT2D eigenvalue weighted by molar-refractivity contribution is 0.182. The van der Waals surface area contributed by atoms with Crippen LogP contribution in [-0.2, 0) is 0 Å². The van der Waals surface area contributed by atoms with Crippen LogP contribution in [0, 0.1) is 17.3 Å². The molecule has 15 heavy (non-hydrogen) atoms. The van der Waals surface area contributed by atoms with Gasteiger partial charge in [-0.05, 0) is 43.0 Å². The predicted molar refractivity (Wildman–Crippen MR) is 73.8 cm³/mol.